The molecule has 2 nitrogen and oxygen atoms in total. The van der Waals surface area contributed by atoms with Gasteiger partial charge in [0.05, 0.1) is 0 Å². The number of rotatable bonds is 1. The second-order valence-corrected chi connectivity index (χ2v) is 3.09. The predicted molar refractivity (Wildman–Crippen MR) is 43.8 cm³/mol. The molecule has 1 saturated heterocycles. The van der Waals surface area contributed by atoms with E-state index in [1.165, 1.54) is 6.07 Å². The van der Waals surface area contributed by atoms with Crippen molar-refractivity contribution in [1.29, 1.82) is 0 Å². The Kier molecular flexibility index (Phi) is 1.54. The van der Waals surface area contributed by atoms with Gasteiger partial charge in [0.2, 0.25) is 0 Å². The van der Waals surface area contributed by atoms with Crippen molar-refractivity contribution in [3.05, 3.63) is 29.8 Å². The zero-order valence-corrected chi connectivity index (χ0v) is 6.55. The van der Waals surface area contributed by atoms with Gasteiger partial charge in [-0.25, -0.2) is 4.39 Å². The first kappa shape index (κ1) is 7.55. The number of hydrogen-bond donors (Lipinski definition) is 2. The van der Waals surface area contributed by atoms with Gasteiger partial charge in [-0.1, -0.05) is 18.2 Å². The standard InChI is InChI=1S/C9H10FNO/c10-9(5-11-6-9)7-3-1-2-4-8(7)12/h1-4,11-12H,5-6H2. The second-order valence-electron chi connectivity index (χ2n) is 3.09. The van der Waals surface area contributed by atoms with Crippen LogP contribution in [0.25, 0.3) is 0 Å². The number of hydrogen-bond acceptors (Lipinski definition) is 2. The fraction of sp³-hybridized carbons (Fsp3) is 0.333. The van der Waals surface area contributed by atoms with Crippen molar-refractivity contribution in [3.63, 3.8) is 0 Å². The monoisotopic (exact) mass is 167 g/mol. The molecule has 0 amide bonds. The van der Waals surface area contributed by atoms with Gasteiger partial charge < -0.3 is 10.4 Å². The first-order chi connectivity index (χ1) is 5.72. The van der Waals surface area contributed by atoms with E-state index in [1.54, 1.807) is 18.2 Å². The molecule has 1 aromatic rings. The van der Waals surface area contributed by atoms with Gasteiger partial charge in [0.15, 0.2) is 5.67 Å². The van der Waals surface area contributed by atoms with Gasteiger partial charge >= 0.3 is 0 Å². The van der Waals surface area contributed by atoms with Crippen LogP contribution in [-0.2, 0) is 5.67 Å². The van der Waals surface area contributed by atoms with Crippen LogP contribution in [0.3, 0.4) is 0 Å². The summed E-state index contributed by atoms with van der Waals surface area (Å²) in [6.07, 6.45) is 0. The van der Waals surface area contributed by atoms with Gasteiger partial charge in [0.1, 0.15) is 5.75 Å². The Bertz CT molecular complexity index is 296. The van der Waals surface area contributed by atoms with Crippen LogP contribution < -0.4 is 5.32 Å². The van der Waals surface area contributed by atoms with E-state index in [0.29, 0.717) is 18.7 Å². The van der Waals surface area contributed by atoms with Crippen molar-refractivity contribution in [1.82, 2.24) is 5.32 Å². The summed E-state index contributed by atoms with van der Waals surface area (Å²) < 4.78 is 13.7. The molecule has 2 rings (SSSR count). The Labute approximate surface area is 70.0 Å². The maximum absolute atomic E-state index is 13.7. The van der Waals surface area contributed by atoms with E-state index < -0.39 is 5.67 Å². The van der Waals surface area contributed by atoms with Gasteiger partial charge in [-0.2, -0.15) is 0 Å². The van der Waals surface area contributed by atoms with Crippen LogP contribution in [-0.4, -0.2) is 18.2 Å². The normalized spacial score (nSPS) is 20.1. The van der Waals surface area contributed by atoms with Gasteiger partial charge in [0, 0.05) is 18.7 Å². The van der Waals surface area contributed by atoms with Crippen molar-refractivity contribution >= 4 is 0 Å². The molecule has 1 heterocycles. The third-order valence-electron chi connectivity index (χ3n) is 2.20. The van der Waals surface area contributed by atoms with Gasteiger partial charge in [0.25, 0.3) is 0 Å². The number of phenols is 1. The first-order valence-corrected chi connectivity index (χ1v) is 3.90. The van der Waals surface area contributed by atoms with Crippen LogP contribution in [0, 0.1) is 0 Å². The van der Waals surface area contributed by atoms with Crippen molar-refractivity contribution in [2.45, 2.75) is 5.67 Å². The Morgan fingerprint density at radius 3 is 2.50 bits per heavy atom. The van der Waals surface area contributed by atoms with Crippen molar-refractivity contribution in [2.24, 2.45) is 0 Å². The summed E-state index contributed by atoms with van der Waals surface area (Å²) in [4.78, 5) is 0. The summed E-state index contributed by atoms with van der Waals surface area (Å²) in [6, 6.07) is 6.55. The summed E-state index contributed by atoms with van der Waals surface area (Å²) in [5.41, 5.74) is -0.963. The third-order valence-corrected chi connectivity index (χ3v) is 2.20. The fourth-order valence-corrected chi connectivity index (χ4v) is 1.39. The number of phenolic OH excluding ortho intramolecular Hbond substituents is 1. The molecule has 1 aliphatic heterocycles. The number of halogens is 1. The number of nitrogens with one attached hydrogen (secondary N) is 1. The van der Waals surface area contributed by atoms with Crippen LogP contribution in [0.15, 0.2) is 24.3 Å². The zero-order chi connectivity index (χ0) is 8.60. The first-order valence-electron chi connectivity index (χ1n) is 3.90. The third kappa shape index (κ3) is 0.975. The zero-order valence-electron chi connectivity index (χ0n) is 6.55. The van der Waals surface area contributed by atoms with Crippen molar-refractivity contribution < 1.29 is 9.50 Å². The van der Waals surface area contributed by atoms with Crippen LogP contribution in [0.5, 0.6) is 5.75 Å². The van der Waals surface area contributed by atoms with Crippen LogP contribution in [0.4, 0.5) is 4.39 Å². The van der Waals surface area contributed by atoms with Crippen LogP contribution in [0.2, 0.25) is 0 Å². The summed E-state index contributed by atoms with van der Waals surface area (Å²) in [6.45, 7) is 0.592. The summed E-state index contributed by atoms with van der Waals surface area (Å²) in [5, 5.41) is 12.2. The van der Waals surface area contributed by atoms with E-state index in [1.807, 2.05) is 0 Å². The molecule has 3 heteroatoms. The lowest BCUT2D eigenvalue weighted by Gasteiger charge is -2.35. The van der Waals surface area contributed by atoms with Crippen molar-refractivity contribution in [3.8, 4) is 5.75 Å². The molecular formula is C9H10FNO. The second kappa shape index (κ2) is 2.45. The molecule has 0 spiro atoms. The lowest BCUT2D eigenvalue weighted by atomic mass is 9.89. The largest absolute Gasteiger partial charge is 0.508 e. The number of benzene rings is 1. The van der Waals surface area contributed by atoms with E-state index in [0.717, 1.165) is 0 Å². The number of aromatic hydroxyl groups is 1. The number of alkyl halides is 1. The maximum Gasteiger partial charge on any atom is 0.164 e. The van der Waals surface area contributed by atoms with Gasteiger partial charge in [-0.05, 0) is 6.07 Å². The molecule has 0 aliphatic carbocycles. The highest BCUT2D eigenvalue weighted by atomic mass is 19.1. The van der Waals surface area contributed by atoms with Crippen molar-refractivity contribution in [2.75, 3.05) is 13.1 Å². The van der Waals surface area contributed by atoms with E-state index in [9.17, 15) is 9.50 Å². The maximum atomic E-state index is 13.7. The van der Waals surface area contributed by atoms with E-state index >= 15 is 0 Å². The van der Waals surface area contributed by atoms with E-state index in [2.05, 4.69) is 5.32 Å². The molecular weight excluding hydrogens is 157 g/mol. The smallest absolute Gasteiger partial charge is 0.164 e. The Balaban J connectivity index is 2.39. The summed E-state index contributed by atoms with van der Waals surface area (Å²) in [5.74, 6) is 0.0431. The SMILES string of the molecule is Oc1ccccc1C1(F)CNC1. The highest BCUT2D eigenvalue weighted by Crippen LogP contribution is 2.35. The van der Waals surface area contributed by atoms with Crippen LogP contribution in [0.1, 0.15) is 5.56 Å². The molecule has 0 radical (unpaired) electrons. The molecule has 1 fully saturated rings. The summed E-state index contributed by atoms with van der Waals surface area (Å²) in [7, 11) is 0. The fourth-order valence-electron chi connectivity index (χ4n) is 1.39. The van der Waals surface area contributed by atoms with E-state index in [4.69, 9.17) is 0 Å². The molecule has 12 heavy (non-hydrogen) atoms. The molecule has 0 unspecified atom stereocenters. The van der Waals surface area contributed by atoms with E-state index in [-0.39, 0.29) is 5.75 Å². The molecule has 64 valence electrons. The average molecular weight is 167 g/mol. The highest BCUT2D eigenvalue weighted by molar-refractivity contribution is 5.38. The molecule has 2 N–H and O–H groups in total. The molecule has 0 aromatic heterocycles. The lowest BCUT2D eigenvalue weighted by Crippen LogP contribution is -2.53. The molecule has 0 bridgehead atoms. The average Bonchev–Trinajstić information content (AvgIpc) is 2.01. The quantitative estimate of drug-likeness (QED) is 0.657. The summed E-state index contributed by atoms with van der Waals surface area (Å²) >= 11 is 0. The minimum atomic E-state index is -1.36. The molecule has 1 aliphatic rings. The Morgan fingerprint density at radius 2 is 2.00 bits per heavy atom. The van der Waals surface area contributed by atoms with Crippen LogP contribution >= 0.6 is 0 Å². The Hall–Kier alpha value is -1.09. The Morgan fingerprint density at radius 1 is 1.33 bits per heavy atom. The minimum Gasteiger partial charge on any atom is -0.508 e. The molecule has 1 aromatic carbocycles. The van der Waals surface area contributed by atoms with Gasteiger partial charge in [-0.15, -0.1) is 0 Å². The predicted octanol–water partition coefficient (Wildman–Crippen LogP) is 1.16. The molecule has 0 atom stereocenters. The topological polar surface area (TPSA) is 32.3 Å². The van der Waals surface area contributed by atoms with Gasteiger partial charge in [-0.3, -0.25) is 0 Å². The minimum absolute atomic E-state index is 0.0431. The molecule has 0 saturated carbocycles. The number of para-hydroxylation sites is 1. The highest BCUT2D eigenvalue weighted by Gasteiger charge is 2.40. The lowest BCUT2D eigenvalue weighted by molar-refractivity contribution is 0.0860.